The minimum Gasteiger partial charge on any atom is -0.502 e. The number of sulfonamides is 1. The summed E-state index contributed by atoms with van der Waals surface area (Å²) in [7, 11) is -1.53. The number of fused-ring (bicyclic) bond motifs is 2. The number of hydrogen-bond acceptors (Lipinski definition) is 8. The lowest BCUT2D eigenvalue weighted by molar-refractivity contribution is 0.338. The Morgan fingerprint density at radius 1 is 1.05 bits per heavy atom. The highest BCUT2D eigenvalue weighted by Gasteiger charge is 2.47. The summed E-state index contributed by atoms with van der Waals surface area (Å²) in [5.74, 6) is -1.46. The van der Waals surface area contributed by atoms with E-state index in [-0.39, 0.29) is 45.9 Å². The second kappa shape index (κ2) is 9.11. The zero-order chi connectivity index (χ0) is 26.3. The maximum atomic E-state index is 14.3. The topological polar surface area (TPSA) is 135 Å². The van der Waals surface area contributed by atoms with Gasteiger partial charge in [-0.25, -0.2) is 8.42 Å². The average molecular weight is 518 g/mol. The van der Waals surface area contributed by atoms with Gasteiger partial charge in [0.15, 0.2) is 17.3 Å². The number of nitrogens with two attached hydrogens (primary N) is 1. The SMILES string of the molecule is COc1cc([C@@H]2C(C#N)=C(N)OC3=C2S(=O)(=O)N(Cc2ccccc2)c2ccccc23)cc(OC)c1O. The molecule has 0 spiro atoms. The first-order valence-corrected chi connectivity index (χ1v) is 12.7. The third-order valence-corrected chi connectivity index (χ3v) is 8.25. The second-order valence-corrected chi connectivity index (χ2v) is 10.2. The third-order valence-electron chi connectivity index (χ3n) is 6.36. The van der Waals surface area contributed by atoms with Crippen LogP contribution in [0.5, 0.6) is 17.2 Å². The molecule has 9 nitrogen and oxygen atoms in total. The van der Waals surface area contributed by atoms with Crippen molar-refractivity contribution in [1.82, 2.24) is 0 Å². The molecule has 0 saturated heterocycles. The van der Waals surface area contributed by atoms with Gasteiger partial charge in [-0.05, 0) is 35.4 Å². The van der Waals surface area contributed by atoms with Gasteiger partial charge in [0.05, 0.1) is 32.4 Å². The fraction of sp³-hybridized carbons (Fsp3) is 0.148. The first-order chi connectivity index (χ1) is 17.8. The van der Waals surface area contributed by atoms with Crippen molar-refractivity contribution in [2.24, 2.45) is 5.73 Å². The number of aromatic hydroxyl groups is 1. The van der Waals surface area contributed by atoms with E-state index in [0.29, 0.717) is 16.8 Å². The minimum atomic E-state index is -4.25. The summed E-state index contributed by atoms with van der Waals surface area (Å²) < 4.78 is 46.4. The molecule has 2 aliphatic rings. The van der Waals surface area contributed by atoms with E-state index in [4.69, 9.17) is 19.9 Å². The normalized spacial score (nSPS) is 17.9. The van der Waals surface area contributed by atoms with Crippen LogP contribution in [-0.4, -0.2) is 27.7 Å². The van der Waals surface area contributed by atoms with Crippen LogP contribution in [-0.2, 0) is 21.3 Å². The Morgan fingerprint density at radius 2 is 1.68 bits per heavy atom. The predicted molar refractivity (Wildman–Crippen MR) is 137 cm³/mol. The fourth-order valence-corrected chi connectivity index (χ4v) is 6.55. The van der Waals surface area contributed by atoms with Gasteiger partial charge in [0.1, 0.15) is 16.5 Å². The number of nitrogens with zero attached hydrogens (tertiary/aromatic N) is 2. The Balaban J connectivity index is 1.80. The van der Waals surface area contributed by atoms with Gasteiger partial charge in [0.2, 0.25) is 11.6 Å². The largest absolute Gasteiger partial charge is 0.502 e. The molecule has 3 aromatic carbocycles. The molecule has 37 heavy (non-hydrogen) atoms. The predicted octanol–water partition coefficient (Wildman–Crippen LogP) is 3.94. The highest BCUT2D eigenvalue weighted by atomic mass is 32.2. The molecule has 3 N–H and O–H groups in total. The van der Waals surface area contributed by atoms with Crippen LogP contribution in [0.4, 0.5) is 5.69 Å². The molecule has 0 bridgehead atoms. The van der Waals surface area contributed by atoms with E-state index in [1.807, 2.05) is 36.4 Å². The molecular weight excluding hydrogens is 494 g/mol. The lowest BCUT2D eigenvalue weighted by Gasteiger charge is -2.38. The summed E-state index contributed by atoms with van der Waals surface area (Å²) in [6, 6.07) is 21.1. The molecule has 188 valence electrons. The van der Waals surface area contributed by atoms with E-state index in [9.17, 15) is 18.8 Å². The van der Waals surface area contributed by atoms with E-state index in [1.165, 1.54) is 30.7 Å². The van der Waals surface area contributed by atoms with Gasteiger partial charge in [-0.3, -0.25) is 4.31 Å². The van der Waals surface area contributed by atoms with E-state index >= 15 is 0 Å². The van der Waals surface area contributed by atoms with Crippen LogP contribution in [0.15, 0.2) is 83.1 Å². The van der Waals surface area contributed by atoms with Crippen molar-refractivity contribution < 1.29 is 27.7 Å². The average Bonchev–Trinajstić information content (AvgIpc) is 2.91. The quantitative estimate of drug-likeness (QED) is 0.520. The Hall–Kier alpha value is -4.62. The number of phenols is 1. The van der Waals surface area contributed by atoms with Crippen LogP contribution in [0.1, 0.15) is 22.6 Å². The summed E-state index contributed by atoms with van der Waals surface area (Å²) in [4.78, 5) is -0.136. The molecule has 0 aliphatic carbocycles. The van der Waals surface area contributed by atoms with Gasteiger partial charge in [0.25, 0.3) is 10.0 Å². The van der Waals surface area contributed by atoms with Crippen molar-refractivity contribution in [3.63, 3.8) is 0 Å². The highest BCUT2D eigenvalue weighted by Crippen LogP contribution is 2.52. The molecule has 2 heterocycles. The number of phenolic OH excluding ortho intramolecular Hbond substituents is 1. The smallest absolute Gasteiger partial charge is 0.265 e. The number of hydrogen-bond donors (Lipinski definition) is 2. The summed E-state index contributed by atoms with van der Waals surface area (Å²) in [5, 5.41) is 20.5. The molecular formula is C27H23N3O6S. The second-order valence-electron chi connectivity index (χ2n) is 8.41. The minimum absolute atomic E-state index is 0.0485. The molecule has 1 atom stereocenters. The number of nitriles is 1. The van der Waals surface area contributed by atoms with E-state index in [1.54, 1.807) is 24.3 Å². The summed E-state index contributed by atoms with van der Waals surface area (Å²) in [6.45, 7) is 0.0625. The van der Waals surface area contributed by atoms with Gasteiger partial charge in [-0.1, -0.05) is 42.5 Å². The van der Waals surface area contributed by atoms with Crippen LogP contribution in [0.3, 0.4) is 0 Å². The lowest BCUT2D eigenvalue weighted by atomic mass is 9.87. The zero-order valence-electron chi connectivity index (χ0n) is 20.0. The summed E-state index contributed by atoms with van der Waals surface area (Å²) in [6.07, 6.45) is 0. The van der Waals surface area contributed by atoms with Gasteiger partial charge >= 0.3 is 0 Å². The number of benzene rings is 3. The van der Waals surface area contributed by atoms with E-state index in [0.717, 1.165) is 5.56 Å². The molecule has 5 rings (SSSR count). The van der Waals surface area contributed by atoms with Crippen LogP contribution in [0, 0.1) is 11.3 Å². The fourth-order valence-electron chi connectivity index (χ4n) is 4.64. The molecule has 2 aliphatic heterocycles. The zero-order valence-corrected chi connectivity index (χ0v) is 20.8. The van der Waals surface area contributed by atoms with E-state index in [2.05, 4.69) is 0 Å². The van der Waals surface area contributed by atoms with Crippen molar-refractivity contribution in [3.05, 3.63) is 99.8 Å². The standard InChI is InChI=1S/C27H23N3O6S/c1-34-21-12-17(13-22(35-2)24(21)31)23-19(14-28)27(29)36-25-18-10-6-7-11-20(18)30(37(32,33)26(23)25)15-16-8-4-3-5-9-16/h3-13,23,31H,15,29H2,1-2H3/t23-/m1/s1. The number of anilines is 1. The maximum absolute atomic E-state index is 14.3. The Labute approximate surface area is 214 Å². The molecule has 0 saturated carbocycles. The molecule has 0 aromatic heterocycles. The Kier molecular flexibility index (Phi) is 5.93. The van der Waals surface area contributed by atoms with Crippen molar-refractivity contribution >= 4 is 21.5 Å². The third kappa shape index (κ3) is 3.80. The van der Waals surface area contributed by atoms with Crippen LogP contribution in [0.25, 0.3) is 5.76 Å². The first kappa shape index (κ1) is 24.1. The number of ether oxygens (including phenoxy) is 3. The van der Waals surface area contributed by atoms with Crippen LogP contribution >= 0.6 is 0 Å². The monoisotopic (exact) mass is 517 g/mol. The molecule has 3 aromatic rings. The van der Waals surface area contributed by atoms with Crippen molar-refractivity contribution in [1.29, 1.82) is 5.26 Å². The number of para-hydroxylation sites is 1. The molecule has 0 unspecified atom stereocenters. The van der Waals surface area contributed by atoms with Crippen molar-refractivity contribution in [2.75, 3.05) is 18.5 Å². The summed E-state index contributed by atoms with van der Waals surface area (Å²) >= 11 is 0. The first-order valence-electron chi connectivity index (χ1n) is 11.2. The lowest BCUT2D eigenvalue weighted by Crippen LogP contribution is -2.39. The number of methoxy groups -OCH3 is 2. The van der Waals surface area contributed by atoms with Crippen LogP contribution < -0.4 is 19.5 Å². The van der Waals surface area contributed by atoms with Crippen molar-refractivity contribution in [3.8, 4) is 23.3 Å². The molecule has 10 heteroatoms. The molecule has 0 radical (unpaired) electrons. The maximum Gasteiger partial charge on any atom is 0.265 e. The van der Waals surface area contributed by atoms with Gasteiger partial charge in [0, 0.05) is 5.56 Å². The molecule has 0 fully saturated rings. The van der Waals surface area contributed by atoms with Crippen LogP contribution in [0.2, 0.25) is 0 Å². The van der Waals surface area contributed by atoms with E-state index < -0.39 is 15.9 Å². The van der Waals surface area contributed by atoms with Gasteiger partial charge in [-0.2, -0.15) is 5.26 Å². The summed E-state index contributed by atoms with van der Waals surface area (Å²) in [5.41, 5.74) is 8.14. The number of allylic oxidation sites excluding steroid dienone is 2. The van der Waals surface area contributed by atoms with Crippen molar-refractivity contribution in [2.45, 2.75) is 12.5 Å². The highest BCUT2D eigenvalue weighted by molar-refractivity contribution is 7.96. The molecule has 0 amide bonds. The number of rotatable bonds is 5. The van der Waals surface area contributed by atoms with Gasteiger partial charge < -0.3 is 25.1 Å². The van der Waals surface area contributed by atoms with Gasteiger partial charge in [-0.15, -0.1) is 0 Å². The Morgan fingerprint density at radius 3 is 2.30 bits per heavy atom. The Bertz CT molecular complexity index is 1580.